The molecule has 1 atom stereocenters. The zero-order valence-electron chi connectivity index (χ0n) is 17.0. The summed E-state index contributed by atoms with van der Waals surface area (Å²) in [4.78, 5) is 11.6. The molecule has 1 aliphatic heterocycles. The van der Waals surface area contributed by atoms with E-state index in [1.54, 1.807) is 0 Å². The first-order valence-electron chi connectivity index (χ1n) is 9.76. The summed E-state index contributed by atoms with van der Waals surface area (Å²) >= 11 is 0. The Labute approximate surface area is 157 Å². The van der Waals surface area contributed by atoms with Crippen molar-refractivity contribution >= 4 is 5.96 Å². The van der Waals surface area contributed by atoms with E-state index >= 15 is 0 Å². The average Bonchev–Trinajstić information content (AvgIpc) is 2.94. The predicted octanol–water partition coefficient (Wildman–Crippen LogP) is 2.09. The van der Waals surface area contributed by atoms with Gasteiger partial charge in [-0.3, -0.25) is 4.90 Å². The molecule has 0 radical (unpaired) electrons. The molecule has 1 saturated heterocycles. The summed E-state index contributed by atoms with van der Waals surface area (Å²) in [5, 5.41) is 6.81. The molecule has 0 aromatic carbocycles. The molecule has 2 heterocycles. The van der Waals surface area contributed by atoms with E-state index in [4.69, 9.17) is 9.15 Å². The number of aromatic nitrogens is 1. The largest absolute Gasteiger partial charge is 0.444 e. The molecule has 7 nitrogen and oxygen atoms in total. The second-order valence-electron chi connectivity index (χ2n) is 7.26. The maximum Gasteiger partial charge on any atom is 0.216 e. The van der Waals surface area contributed by atoms with Gasteiger partial charge >= 0.3 is 0 Å². The van der Waals surface area contributed by atoms with Crippen molar-refractivity contribution in [3.05, 3.63) is 17.3 Å². The maximum atomic E-state index is 5.62. The van der Waals surface area contributed by atoms with Gasteiger partial charge in [-0.1, -0.05) is 13.8 Å². The molecule has 0 spiro atoms. The molecule has 1 unspecified atom stereocenters. The Morgan fingerprint density at radius 2 is 1.96 bits per heavy atom. The van der Waals surface area contributed by atoms with Crippen LogP contribution in [0, 0.1) is 19.8 Å². The normalized spacial score (nSPS) is 17.5. The third-order valence-corrected chi connectivity index (χ3v) is 4.60. The number of hydrogen-bond acceptors (Lipinski definition) is 5. The van der Waals surface area contributed by atoms with Crippen molar-refractivity contribution in [2.45, 2.75) is 53.6 Å². The SMILES string of the molecule is CCNC(=NCc1nc(C)c(C)o1)NCC(CC(C)C)N1CCOCC1. The third kappa shape index (κ3) is 6.61. The second-order valence-corrected chi connectivity index (χ2v) is 7.26. The Bertz CT molecular complexity index is 545. The molecule has 0 bridgehead atoms. The van der Waals surface area contributed by atoms with Crippen molar-refractivity contribution in [2.24, 2.45) is 10.9 Å². The van der Waals surface area contributed by atoms with Gasteiger partial charge in [0.2, 0.25) is 5.89 Å². The van der Waals surface area contributed by atoms with E-state index in [1.807, 2.05) is 13.8 Å². The smallest absolute Gasteiger partial charge is 0.216 e. The first kappa shape index (κ1) is 20.7. The minimum absolute atomic E-state index is 0.441. The van der Waals surface area contributed by atoms with Crippen molar-refractivity contribution in [1.29, 1.82) is 0 Å². The average molecular weight is 366 g/mol. The Kier molecular flexibility index (Phi) is 8.38. The van der Waals surface area contributed by atoms with E-state index in [9.17, 15) is 0 Å². The van der Waals surface area contributed by atoms with Crippen molar-refractivity contribution in [3.63, 3.8) is 0 Å². The molecule has 2 N–H and O–H groups in total. The second kappa shape index (κ2) is 10.5. The highest BCUT2D eigenvalue weighted by molar-refractivity contribution is 5.79. The van der Waals surface area contributed by atoms with Gasteiger partial charge in [0.05, 0.1) is 18.9 Å². The van der Waals surface area contributed by atoms with Crippen LogP contribution in [0.15, 0.2) is 9.41 Å². The van der Waals surface area contributed by atoms with Crippen LogP contribution >= 0.6 is 0 Å². The van der Waals surface area contributed by atoms with Gasteiger partial charge in [0.1, 0.15) is 12.3 Å². The number of hydrogen-bond donors (Lipinski definition) is 2. The van der Waals surface area contributed by atoms with Gasteiger partial charge in [-0.2, -0.15) is 0 Å². The summed E-state index contributed by atoms with van der Waals surface area (Å²) in [6.07, 6.45) is 1.16. The van der Waals surface area contributed by atoms with Crippen molar-refractivity contribution in [2.75, 3.05) is 39.4 Å². The van der Waals surface area contributed by atoms with E-state index < -0.39 is 0 Å². The first-order chi connectivity index (χ1) is 12.5. The number of guanidine groups is 1. The van der Waals surface area contributed by atoms with Crippen molar-refractivity contribution < 1.29 is 9.15 Å². The number of nitrogens with one attached hydrogen (secondary N) is 2. The minimum atomic E-state index is 0.441. The van der Waals surface area contributed by atoms with Crippen molar-refractivity contribution in [3.8, 4) is 0 Å². The fourth-order valence-corrected chi connectivity index (χ4v) is 3.16. The maximum absolute atomic E-state index is 5.62. The monoisotopic (exact) mass is 365 g/mol. The molecule has 26 heavy (non-hydrogen) atoms. The van der Waals surface area contributed by atoms with Gasteiger partial charge in [-0.15, -0.1) is 0 Å². The van der Waals surface area contributed by atoms with Crippen LogP contribution in [0.3, 0.4) is 0 Å². The quantitative estimate of drug-likeness (QED) is 0.543. The lowest BCUT2D eigenvalue weighted by Crippen LogP contribution is -2.51. The van der Waals surface area contributed by atoms with Crippen LogP contribution in [-0.2, 0) is 11.3 Å². The summed E-state index contributed by atoms with van der Waals surface area (Å²) in [5.41, 5.74) is 0.928. The Balaban J connectivity index is 1.95. The molecule has 0 amide bonds. The molecule has 1 fully saturated rings. The number of oxazole rings is 1. The fraction of sp³-hybridized carbons (Fsp3) is 0.789. The zero-order chi connectivity index (χ0) is 18.9. The first-order valence-corrected chi connectivity index (χ1v) is 9.76. The topological polar surface area (TPSA) is 74.9 Å². The Morgan fingerprint density at radius 3 is 2.54 bits per heavy atom. The Hall–Kier alpha value is -1.60. The number of rotatable bonds is 8. The van der Waals surface area contributed by atoms with Gasteiger partial charge in [-0.25, -0.2) is 9.98 Å². The van der Waals surface area contributed by atoms with Crippen LogP contribution in [0.5, 0.6) is 0 Å². The molecule has 148 valence electrons. The minimum Gasteiger partial charge on any atom is -0.444 e. The van der Waals surface area contributed by atoms with Gasteiger partial charge in [0.25, 0.3) is 0 Å². The fourth-order valence-electron chi connectivity index (χ4n) is 3.16. The lowest BCUT2D eigenvalue weighted by atomic mass is 10.0. The molecular formula is C19H35N5O2. The van der Waals surface area contributed by atoms with Crippen LogP contribution in [-0.4, -0.2) is 61.3 Å². The van der Waals surface area contributed by atoms with E-state index in [2.05, 4.69) is 46.3 Å². The summed E-state index contributed by atoms with van der Waals surface area (Å²) < 4.78 is 11.1. The number of nitrogens with zero attached hydrogens (tertiary/aromatic N) is 3. The molecular weight excluding hydrogens is 330 g/mol. The predicted molar refractivity (Wildman–Crippen MR) is 104 cm³/mol. The summed E-state index contributed by atoms with van der Waals surface area (Å²) in [6, 6.07) is 0.481. The number of morpholine rings is 1. The van der Waals surface area contributed by atoms with Crippen LogP contribution < -0.4 is 10.6 Å². The van der Waals surface area contributed by atoms with Gasteiger partial charge in [0, 0.05) is 32.2 Å². The van der Waals surface area contributed by atoms with Crippen molar-refractivity contribution in [1.82, 2.24) is 20.5 Å². The van der Waals surface area contributed by atoms with E-state index in [0.29, 0.717) is 24.4 Å². The molecule has 1 aliphatic rings. The molecule has 0 saturated carbocycles. The highest BCUT2D eigenvalue weighted by atomic mass is 16.5. The highest BCUT2D eigenvalue weighted by Crippen LogP contribution is 2.13. The molecule has 7 heteroatoms. The lowest BCUT2D eigenvalue weighted by molar-refractivity contribution is 0.0132. The van der Waals surface area contributed by atoms with Gasteiger partial charge < -0.3 is 19.8 Å². The van der Waals surface area contributed by atoms with Crippen LogP contribution in [0.25, 0.3) is 0 Å². The number of aliphatic imine (C=N–C) groups is 1. The number of ether oxygens (including phenoxy) is 1. The standard InChI is InChI=1S/C19H35N5O2/c1-6-20-19(22-13-18-23-15(4)16(5)26-18)21-12-17(11-14(2)3)24-7-9-25-10-8-24/h14,17H,6-13H2,1-5H3,(H2,20,21,22). The van der Waals surface area contributed by atoms with Crippen LogP contribution in [0.1, 0.15) is 44.5 Å². The zero-order valence-corrected chi connectivity index (χ0v) is 17.0. The molecule has 1 aromatic rings. The molecule has 2 rings (SSSR count). The summed E-state index contributed by atoms with van der Waals surface area (Å²) in [6.45, 7) is 16.3. The Morgan fingerprint density at radius 1 is 1.23 bits per heavy atom. The van der Waals surface area contributed by atoms with E-state index in [1.165, 1.54) is 0 Å². The molecule has 0 aliphatic carbocycles. The lowest BCUT2D eigenvalue weighted by Gasteiger charge is -2.35. The third-order valence-electron chi connectivity index (χ3n) is 4.60. The highest BCUT2D eigenvalue weighted by Gasteiger charge is 2.22. The van der Waals surface area contributed by atoms with E-state index in [-0.39, 0.29) is 0 Å². The summed E-state index contributed by atoms with van der Waals surface area (Å²) in [7, 11) is 0. The summed E-state index contributed by atoms with van der Waals surface area (Å²) in [5.74, 6) is 2.98. The number of aryl methyl sites for hydroxylation is 2. The van der Waals surface area contributed by atoms with Crippen LogP contribution in [0.2, 0.25) is 0 Å². The van der Waals surface area contributed by atoms with Gasteiger partial charge in [0.15, 0.2) is 5.96 Å². The van der Waals surface area contributed by atoms with Gasteiger partial charge in [-0.05, 0) is 33.1 Å². The van der Waals surface area contributed by atoms with E-state index in [0.717, 1.165) is 63.2 Å². The molecule has 1 aromatic heterocycles. The van der Waals surface area contributed by atoms with Crippen LogP contribution in [0.4, 0.5) is 0 Å².